The Kier molecular flexibility index (Phi) is 7.61. The molecule has 3 N–H and O–H groups in total. The van der Waals surface area contributed by atoms with E-state index in [1.54, 1.807) is 0 Å². The number of fused-ring (bicyclic) bond motifs is 1. The van der Waals surface area contributed by atoms with Crippen LogP contribution >= 0.6 is 0 Å². The van der Waals surface area contributed by atoms with E-state index < -0.39 is 11.7 Å². The number of hydrogen-bond donors (Lipinski definition) is 3. The summed E-state index contributed by atoms with van der Waals surface area (Å²) in [5.74, 6) is 2.33. The maximum absolute atomic E-state index is 11.8. The average Bonchev–Trinajstić information content (AvgIpc) is 3.07. The fourth-order valence-corrected chi connectivity index (χ4v) is 6.82. The van der Waals surface area contributed by atoms with Gasteiger partial charge in [0.2, 0.25) is 0 Å². The molecule has 0 spiro atoms. The van der Waals surface area contributed by atoms with Gasteiger partial charge < -0.3 is 15.3 Å². The monoisotopic (exact) mass is 430 g/mol. The first-order valence-electron chi connectivity index (χ1n) is 12.6. The van der Waals surface area contributed by atoms with Crippen LogP contribution in [0.4, 0.5) is 0 Å². The molecule has 0 aromatic rings. The molecule has 176 valence electrons. The molecule has 3 heteroatoms. The standard InChI is InChI=1S/C28H46O3/c1-18(2)19(3)8-9-21(5)24-12-13-25-27(24,6)14-7-15-28(25,31)26(30)17-22-16-23(29)11-10-20(22)4/h8-9,17-19,21,23-26,29-31H,4,7,10-16H2,1-3,5-6H3/b9-8+,22-17-/t19-,21+,23+,24+,25+,26+,27+,28+/m0/s1. The molecule has 8 atom stereocenters. The van der Waals surface area contributed by atoms with Crippen LogP contribution in [0.25, 0.3) is 0 Å². The second-order valence-electron chi connectivity index (χ2n) is 11.6. The maximum atomic E-state index is 11.8. The van der Waals surface area contributed by atoms with Crippen LogP contribution in [0.15, 0.2) is 36.0 Å². The smallest absolute Gasteiger partial charge is 0.102 e. The molecular weight excluding hydrogens is 384 g/mol. The number of rotatable bonds is 6. The Hall–Kier alpha value is -0.900. The third kappa shape index (κ3) is 4.89. The van der Waals surface area contributed by atoms with Crippen molar-refractivity contribution in [3.8, 4) is 0 Å². The zero-order valence-electron chi connectivity index (χ0n) is 20.5. The first-order valence-corrected chi connectivity index (χ1v) is 12.6. The van der Waals surface area contributed by atoms with Crippen LogP contribution in [-0.4, -0.2) is 33.1 Å². The molecule has 0 amide bonds. The van der Waals surface area contributed by atoms with Crippen LogP contribution in [0.5, 0.6) is 0 Å². The molecule has 3 fully saturated rings. The zero-order chi connectivity index (χ0) is 23.0. The molecule has 0 saturated heterocycles. The first kappa shape index (κ1) is 24.7. The van der Waals surface area contributed by atoms with E-state index in [2.05, 4.69) is 53.3 Å². The van der Waals surface area contributed by atoms with Crippen LogP contribution in [0.1, 0.15) is 86.0 Å². The Morgan fingerprint density at radius 1 is 1.06 bits per heavy atom. The van der Waals surface area contributed by atoms with E-state index >= 15 is 0 Å². The molecule has 0 heterocycles. The van der Waals surface area contributed by atoms with Gasteiger partial charge in [-0.1, -0.05) is 58.9 Å². The molecule has 3 nitrogen and oxygen atoms in total. The van der Waals surface area contributed by atoms with Crippen molar-refractivity contribution in [1.82, 2.24) is 0 Å². The molecule has 3 aliphatic rings. The predicted octanol–water partition coefficient (Wildman–Crippen LogP) is 5.81. The lowest BCUT2D eigenvalue weighted by molar-refractivity contribution is -0.155. The first-order chi connectivity index (χ1) is 14.5. The molecule has 0 unspecified atom stereocenters. The van der Waals surface area contributed by atoms with Gasteiger partial charge in [-0.3, -0.25) is 0 Å². The van der Waals surface area contributed by atoms with Gasteiger partial charge >= 0.3 is 0 Å². The van der Waals surface area contributed by atoms with Crippen molar-refractivity contribution < 1.29 is 15.3 Å². The zero-order valence-corrected chi connectivity index (χ0v) is 20.5. The van der Waals surface area contributed by atoms with Gasteiger partial charge in [0.1, 0.15) is 6.10 Å². The molecule has 0 aromatic heterocycles. The maximum Gasteiger partial charge on any atom is 0.102 e. The summed E-state index contributed by atoms with van der Waals surface area (Å²) < 4.78 is 0. The van der Waals surface area contributed by atoms with Gasteiger partial charge in [-0.05, 0) is 98.0 Å². The van der Waals surface area contributed by atoms with E-state index in [9.17, 15) is 15.3 Å². The van der Waals surface area contributed by atoms with Crippen molar-refractivity contribution in [1.29, 1.82) is 0 Å². The highest BCUT2D eigenvalue weighted by atomic mass is 16.3. The molecule has 3 saturated carbocycles. The van der Waals surface area contributed by atoms with Gasteiger partial charge in [0.15, 0.2) is 0 Å². The molecule has 3 rings (SSSR count). The largest absolute Gasteiger partial charge is 0.393 e. The molecule has 0 aromatic carbocycles. The average molecular weight is 431 g/mol. The summed E-state index contributed by atoms with van der Waals surface area (Å²) in [5.41, 5.74) is 0.876. The number of hydrogen-bond acceptors (Lipinski definition) is 3. The molecular formula is C28H46O3. The van der Waals surface area contributed by atoms with Crippen molar-refractivity contribution in [2.45, 2.75) is 104 Å². The van der Waals surface area contributed by atoms with Gasteiger partial charge in [-0.2, -0.15) is 0 Å². The highest BCUT2D eigenvalue weighted by molar-refractivity contribution is 5.33. The second-order valence-corrected chi connectivity index (χ2v) is 11.6. The summed E-state index contributed by atoms with van der Waals surface area (Å²) in [4.78, 5) is 0. The van der Waals surface area contributed by atoms with Crippen LogP contribution in [0, 0.1) is 35.0 Å². The van der Waals surface area contributed by atoms with Gasteiger partial charge in [0.05, 0.1) is 11.7 Å². The van der Waals surface area contributed by atoms with E-state index in [1.807, 2.05) is 6.08 Å². The van der Waals surface area contributed by atoms with Crippen LogP contribution in [0.3, 0.4) is 0 Å². The Bertz CT molecular complexity index is 707. The normalized spacial score (nSPS) is 41.0. The van der Waals surface area contributed by atoms with E-state index in [0.717, 1.165) is 49.7 Å². The third-order valence-electron chi connectivity index (χ3n) is 9.27. The van der Waals surface area contributed by atoms with E-state index in [4.69, 9.17) is 0 Å². The minimum Gasteiger partial charge on any atom is -0.393 e. The van der Waals surface area contributed by atoms with Crippen molar-refractivity contribution in [3.63, 3.8) is 0 Å². The molecule has 31 heavy (non-hydrogen) atoms. The summed E-state index contributed by atoms with van der Waals surface area (Å²) in [6.45, 7) is 15.6. The van der Waals surface area contributed by atoms with Crippen LogP contribution < -0.4 is 0 Å². The lowest BCUT2D eigenvalue weighted by Crippen LogP contribution is -2.56. The topological polar surface area (TPSA) is 60.7 Å². The summed E-state index contributed by atoms with van der Waals surface area (Å²) in [6, 6.07) is 0. The summed E-state index contributed by atoms with van der Waals surface area (Å²) >= 11 is 0. The predicted molar refractivity (Wildman–Crippen MR) is 129 cm³/mol. The highest BCUT2D eigenvalue weighted by Crippen LogP contribution is 2.61. The lowest BCUT2D eigenvalue weighted by atomic mass is 9.56. The Labute approximate surface area is 190 Å². The highest BCUT2D eigenvalue weighted by Gasteiger charge is 2.59. The van der Waals surface area contributed by atoms with Gasteiger partial charge in [0, 0.05) is 0 Å². The summed E-state index contributed by atoms with van der Waals surface area (Å²) in [7, 11) is 0. The van der Waals surface area contributed by atoms with Gasteiger partial charge in [-0.15, -0.1) is 0 Å². The van der Waals surface area contributed by atoms with Gasteiger partial charge in [-0.25, -0.2) is 0 Å². The lowest BCUT2D eigenvalue weighted by Gasteiger charge is -2.52. The van der Waals surface area contributed by atoms with E-state index in [0.29, 0.717) is 36.5 Å². The molecule has 0 bridgehead atoms. The summed E-state index contributed by atoms with van der Waals surface area (Å²) in [6.07, 6.45) is 12.2. The van der Waals surface area contributed by atoms with Crippen LogP contribution in [-0.2, 0) is 0 Å². The number of aliphatic hydroxyl groups excluding tert-OH is 2. The minimum atomic E-state index is -1.09. The quantitative estimate of drug-likeness (QED) is 0.466. The Morgan fingerprint density at radius 2 is 1.77 bits per heavy atom. The Balaban J connectivity index is 1.80. The fraction of sp³-hybridized carbons (Fsp3) is 0.786. The van der Waals surface area contributed by atoms with Crippen LogP contribution in [0.2, 0.25) is 0 Å². The molecule has 0 aliphatic heterocycles. The fourth-order valence-electron chi connectivity index (χ4n) is 6.82. The van der Waals surface area contributed by atoms with Crippen molar-refractivity contribution in [3.05, 3.63) is 36.0 Å². The van der Waals surface area contributed by atoms with Crippen molar-refractivity contribution >= 4 is 0 Å². The number of allylic oxidation sites excluding steroid dienone is 3. The Morgan fingerprint density at radius 3 is 2.45 bits per heavy atom. The number of aliphatic hydroxyl groups is 3. The minimum absolute atomic E-state index is 0.0421. The van der Waals surface area contributed by atoms with Crippen molar-refractivity contribution in [2.24, 2.45) is 35.0 Å². The third-order valence-corrected chi connectivity index (χ3v) is 9.27. The SMILES string of the molecule is C=C1CC[C@@H](O)C/C1=C/[C@@H](O)[C@@]1(O)CCC[C@]2(C)[C@@H]([C@H](C)/C=C/[C@H](C)C(C)C)CC[C@H]21. The molecule has 3 aliphatic carbocycles. The molecule has 0 radical (unpaired) electrons. The van der Waals surface area contributed by atoms with E-state index in [-0.39, 0.29) is 17.4 Å². The van der Waals surface area contributed by atoms with Crippen molar-refractivity contribution in [2.75, 3.05) is 0 Å². The van der Waals surface area contributed by atoms with Gasteiger partial charge in [0.25, 0.3) is 0 Å². The second kappa shape index (κ2) is 9.53. The summed E-state index contributed by atoms with van der Waals surface area (Å²) in [5, 5.41) is 33.2. The van der Waals surface area contributed by atoms with E-state index in [1.165, 1.54) is 0 Å².